The van der Waals surface area contributed by atoms with Gasteiger partial charge in [0.05, 0.1) is 12.4 Å². The molecule has 0 saturated carbocycles. The molecule has 0 bridgehead atoms. The maximum Gasteiger partial charge on any atom is 0.211 e. The molecule has 43 valence electrons. The van der Waals surface area contributed by atoms with Gasteiger partial charge in [-0.1, -0.05) is 0 Å². The van der Waals surface area contributed by atoms with Gasteiger partial charge in [-0.15, -0.1) is 0 Å². The lowest BCUT2D eigenvalue weighted by Crippen LogP contribution is -2.18. The molecule has 0 aromatic carbocycles. The summed E-state index contributed by atoms with van der Waals surface area (Å²) < 4.78 is 19.6. The second-order valence-corrected chi connectivity index (χ2v) is 2.81. The molecular formula is C2H6NO3S. The van der Waals surface area contributed by atoms with Crippen molar-refractivity contribution in [1.82, 2.24) is 0 Å². The number of primary sulfonamides is 1. The van der Waals surface area contributed by atoms with Crippen LogP contribution in [0, 0.1) is 0 Å². The standard InChI is InChI=1S/C2H6NO3S/c3-7(5,6)2-1-4/h1-2H2,(H2,3,5,6). The van der Waals surface area contributed by atoms with Crippen LogP contribution < -0.4 is 5.14 Å². The minimum atomic E-state index is -3.49. The average molecular weight is 124 g/mol. The summed E-state index contributed by atoms with van der Waals surface area (Å²) in [4.78, 5) is 0. The Morgan fingerprint density at radius 2 is 1.86 bits per heavy atom. The van der Waals surface area contributed by atoms with Crippen LogP contribution in [-0.2, 0) is 15.1 Å². The number of hydrogen-bond donors (Lipinski definition) is 1. The van der Waals surface area contributed by atoms with Gasteiger partial charge in [-0.05, 0) is 0 Å². The van der Waals surface area contributed by atoms with Gasteiger partial charge in [0.15, 0.2) is 0 Å². The van der Waals surface area contributed by atoms with Gasteiger partial charge >= 0.3 is 0 Å². The Kier molecular flexibility index (Phi) is 2.21. The molecule has 4 nitrogen and oxygen atoms in total. The number of rotatable bonds is 2. The molecule has 0 aliphatic carbocycles. The van der Waals surface area contributed by atoms with E-state index in [9.17, 15) is 13.5 Å². The molecule has 0 fully saturated rings. The van der Waals surface area contributed by atoms with Crippen molar-refractivity contribution in [3.05, 3.63) is 0 Å². The molecule has 2 N–H and O–H groups in total. The topological polar surface area (TPSA) is 80.1 Å². The highest BCUT2D eigenvalue weighted by molar-refractivity contribution is 7.89. The summed E-state index contributed by atoms with van der Waals surface area (Å²) in [7, 11) is -3.49. The first-order chi connectivity index (χ1) is 3.06. The lowest BCUT2D eigenvalue weighted by atomic mass is 10.9. The lowest BCUT2D eigenvalue weighted by Gasteiger charge is -1.85. The molecule has 0 heterocycles. The van der Waals surface area contributed by atoms with Gasteiger partial charge in [-0.25, -0.2) is 18.7 Å². The fraction of sp³-hybridized carbons (Fsp3) is 1.00. The summed E-state index contributed by atoms with van der Waals surface area (Å²) >= 11 is 0. The van der Waals surface area contributed by atoms with Gasteiger partial charge in [-0.3, -0.25) is 0 Å². The van der Waals surface area contributed by atoms with E-state index in [4.69, 9.17) is 0 Å². The third-order valence-electron chi connectivity index (χ3n) is 0.368. The Morgan fingerprint density at radius 1 is 1.43 bits per heavy atom. The Morgan fingerprint density at radius 3 is 1.86 bits per heavy atom. The van der Waals surface area contributed by atoms with Crippen molar-refractivity contribution in [3.8, 4) is 0 Å². The normalized spacial score (nSPS) is 11.7. The molecule has 0 aromatic rings. The summed E-state index contributed by atoms with van der Waals surface area (Å²) in [5, 5.41) is 13.9. The second kappa shape index (κ2) is 2.25. The van der Waals surface area contributed by atoms with Crippen LogP contribution in [0.5, 0.6) is 0 Å². The van der Waals surface area contributed by atoms with Crippen molar-refractivity contribution in [1.29, 1.82) is 0 Å². The Bertz CT molecular complexity index is 126. The van der Waals surface area contributed by atoms with E-state index in [-0.39, 0.29) is 0 Å². The van der Waals surface area contributed by atoms with Gasteiger partial charge in [0, 0.05) is 0 Å². The van der Waals surface area contributed by atoms with Crippen LogP contribution >= 0.6 is 0 Å². The summed E-state index contributed by atoms with van der Waals surface area (Å²) in [6, 6.07) is 0. The Labute approximate surface area is 42.0 Å². The third-order valence-corrected chi connectivity index (χ3v) is 1.10. The second-order valence-electron chi connectivity index (χ2n) is 1.07. The molecule has 0 saturated heterocycles. The molecule has 0 rings (SSSR count). The molecular weight excluding hydrogens is 118 g/mol. The smallest absolute Gasteiger partial charge is 0.211 e. The summed E-state index contributed by atoms with van der Waals surface area (Å²) in [5.74, 6) is -0.465. The molecule has 0 amide bonds. The van der Waals surface area contributed by atoms with E-state index in [0.717, 1.165) is 0 Å². The third kappa shape index (κ3) is 5.87. The SMILES string of the molecule is NS(=O)(=O)CC[O]. The van der Waals surface area contributed by atoms with Crippen LogP contribution in [0.4, 0.5) is 0 Å². The maximum absolute atomic E-state index is 9.81. The van der Waals surface area contributed by atoms with Crippen LogP contribution in [0.2, 0.25) is 0 Å². The first-order valence-corrected chi connectivity index (χ1v) is 3.36. The molecule has 0 unspecified atom stereocenters. The molecule has 1 radical (unpaired) electrons. The molecule has 0 aliphatic heterocycles. The van der Waals surface area contributed by atoms with Crippen LogP contribution in [0.25, 0.3) is 0 Å². The van der Waals surface area contributed by atoms with E-state index in [0.29, 0.717) is 0 Å². The van der Waals surface area contributed by atoms with E-state index in [2.05, 4.69) is 5.14 Å². The van der Waals surface area contributed by atoms with Gasteiger partial charge in [0.2, 0.25) is 10.0 Å². The molecule has 0 spiro atoms. The maximum atomic E-state index is 9.81. The quantitative estimate of drug-likeness (QED) is 0.496. The zero-order chi connectivity index (χ0) is 5.91. The number of nitrogens with two attached hydrogens (primary N) is 1. The van der Waals surface area contributed by atoms with Gasteiger partial charge < -0.3 is 0 Å². The Balaban J connectivity index is 3.60. The van der Waals surface area contributed by atoms with Crippen molar-refractivity contribution in [3.63, 3.8) is 0 Å². The highest BCUT2D eigenvalue weighted by Gasteiger charge is 1.97. The van der Waals surface area contributed by atoms with Crippen LogP contribution in [0.1, 0.15) is 0 Å². The summed E-state index contributed by atoms with van der Waals surface area (Å²) in [6.45, 7) is -0.654. The van der Waals surface area contributed by atoms with Gasteiger partial charge in [0.25, 0.3) is 0 Å². The van der Waals surface area contributed by atoms with Gasteiger partial charge in [0.1, 0.15) is 0 Å². The van der Waals surface area contributed by atoms with Crippen LogP contribution in [-0.4, -0.2) is 20.8 Å². The number of sulfonamides is 1. The minimum absolute atomic E-state index is 0.465. The molecule has 0 aliphatic rings. The van der Waals surface area contributed by atoms with Crippen molar-refractivity contribution in [2.75, 3.05) is 12.4 Å². The Hall–Kier alpha value is -0.130. The van der Waals surface area contributed by atoms with Crippen molar-refractivity contribution < 1.29 is 13.5 Å². The first kappa shape index (κ1) is 6.87. The molecule has 5 heteroatoms. The lowest BCUT2D eigenvalue weighted by molar-refractivity contribution is 0.213. The van der Waals surface area contributed by atoms with E-state index in [1.54, 1.807) is 0 Å². The highest BCUT2D eigenvalue weighted by Crippen LogP contribution is 1.71. The zero-order valence-electron chi connectivity index (χ0n) is 3.62. The largest absolute Gasteiger partial charge is 0.236 e. The van der Waals surface area contributed by atoms with E-state index in [1.165, 1.54) is 0 Å². The highest BCUT2D eigenvalue weighted by atomic mass is 32.2. The summed E-state index contributed by atoms with van der Waals surface area (Å²) in [6.07, 6.45) is 0. The number of hydrogen-bond acceptors (Lipinski definition) is 2. The van der Waals surface area contributed by atoms with Crippen molar-refractivity contribution in [2.45, 2.75) is 0 Å². The fourth-order valence-corrected chi connectivity index (χ4v) is 0.348. The van der Waals surface area contributed by atoms with Crippen molar-refractivity contribution in [2.24, 2.45) is 5.14 Å². The zero-order valence-corrected chi connectivity index (χ0v) is 4.44. The van der Waals surface area contributed by atoms with Crippen LogP contribution in [0.3, 0.4) is 0 Å². The fourth-order valence-electron chi connectivity index (χ4n) is 0.116. The predicted molar refractivity (Wildman–Crippen MR) is 23.5 cm³/mol. The van der Waals surface area contributed by atoms with E-state index < -0.39 is 22.4 Å². The molecule has 0 aromatic heterocycles. The van der Waals surface area contributed by atoms with E-state index in [1.807, 2.05) is 0 Å². The van der Waals surface area contributed by atoms with Crippen molar-refractivity contribution >= 4 is 10.0 Å². The van der Waals surface area contributed by atoms with E-state index >= 15 is 0 Å². The minimum Gasteiger partial charge on any atom is -0.236 e. The monoisotopic (exact) mass is 124 g/mol. The predicted octanol–water partition coefficient (Wildman–Crippen LogP) is -1.29. The first-order valence-electron chi connectivity index (χ1n) is 1.65. The average Bonchev–Trinajstić information content (AvgIpc) is 1.30. The molecule has 7 heavy (non-hydrogen) atoms. The van der Waals surface area contributed by atoms with Gasteiger partial charge in [-0.2, -0.15) is 0 Å². The van der Waals surface area contributed by atoms with Crippen LogP contribution in [0.15, 0.2) is 0 Å². The summed E-state index contributed by atoms with van der Waals surface area (Å²) in [5.41, 5.74) is 0. The molecule has 0 atom stereocenters.